The molecule has 0 bridgehead atoms. The van der Waals surface area contributed by atoms with E-state index in [1.807, 2.05) is 6.92 Å². The molecule has 1 aromatic heterocycles. The average Bonchev–Trinajstić information content (AvgIpc) is 2.77. The number of phenols is 1. The van der Waals surface area contributed by atoms with Crippen LogP contribution in [0.5, 0.6) is 11.5 Å². The molecule has 0 aliphatic rings. The van der Waals surface area contributed by atoms with Crippen molar-refractivity contribution >= 4 is 18.4 Å². The van der Waals surface area contributed by atoms with Gasteiger partial charge in [-0.2, -0.15) is 14.9 Å². The number of benzene rings is 1. The molecular weight excluding hydrogens is 264 g/mol. The number of aryl methyl sites for hydroxylation is 1. The summed E-state index contributed by atoms with van der Waals surface area (Å²) in [4.78, 5) is 0. The van der Waals surface area contributed by atoms with Crippen molar-refractivity contribution in [2.45, 2.75) is 13.3 Å². The third-order valence-corrected chi connectivity index (χ3v) is 2.82. The Balaban J connectivity index is 2.30. The first-order valence-corrected chi connectivity index (χ1v) is 6.14. The molecule has 1 aromatic carbocycles. The quantitative estimate of drug-likeness (QED) is 0.663. The molecular formula is C12H14N4O2S. The number of hydrogen-bond acceptors (Lipinski definition) is 5. The first-order chi connectivity index (χ1) is 9.15. The minimum absolute atomic E-state index is 0.0676. The summed E-state index contributed by atoms with van der Waals surface area (Å²) in [5, 5.41) is 20.7. The first-order valence-electron chi connectivity index (χ1n) is 5.73. The second kappa shape index (κ2) is 5.66. The molecule has 7 heteroatoms. The summed E-state index contributed by atoms with van der Waals surface area (Å²) in [5.74, 6) is 1.24. The largest absolute Gasteiger partial charge is 0.504 e. The highest BCUT2D eigenvalue weighted by Crippen LogP contribution is 2.25. The van der Waals surface area contributed by atoms with E-state index in [4.69, 9.17) is 17.0 Å². The van der Waals surface area contributed by atoms with Crippen molar-refractivity contribution in [1.29, 1.82) is 0 Å². The van der Waals surface area contributed by atoms with E-state index in [2.05, 4.69) is 15.3 Å². The Morgan fingerprint density at radius 3 is 3.00 bits per heavy atom. The number of nitrogens with one attached hydrogen (secondary N) is 1. The van der Waals surface area contributed by atoms with Crippen molar-refractivity contribution < 1.29 is 9.84 Å². The number of aromatic hydroxyl groups is 1. The number of phenolic OH excluding ortho intramolecular Hbond substituents is 1. The molecule has 0 aliphatic carbocycles. The second-order valence-electron chi connectivity index (χ2n) is 3.79. The fraction of sp³-hybridized carbons (Fsp3) is 0.250. The van der Waals surface area contributed by atoms with Gasteiger partial charge in [0.15, 0.2) is 17.3 Å². The van der Waals surface area contributed by atoms with Crippen LogP contribution in [0.1, 0.15) is 18.3 Å². The molecule has 0 unspecified atom stereocenters. The van der Waals surface area contributed by atoms with Gasteiger partial charge >= 0.3 is 0 Å². The number of rotatable bonds is 4. The van der Waals surface area contributed by atoms with E-state index < -0.39 is 0 Å². The maximum atomic E-state index is 9.67. The Morgan fingerprint density at radius 1 is 1.58 bits per heavy atom. The number of hydrogen-bond donors (Lipinski definition) is 2. The highest BCUT2D eigenvalue weighted by atomic mass is 32.1. The van der Waals surface area contributed by atoms with Gasteiger partial charge in [-0.1, -0.05) is 6.92 Å². The van der Waals surface area contributed by atoms with Crippen molar-refractivity contribution in [3.8, 4) is 11.5 Å². The van der Waals surface area contributed by atoms with Crippen LogP contribution >= 0.6 is 12.2 Å². The third-order valence-electron chi connectivity index (χ3n) is 2.56. The fourth-order valence-electron chi connectivity index (χ4n) is 1.58. The minimum atomic E-state index is 0.0676. The fourth-order valence-corrected chi connectivity index (χ4v) is 1.78. The Hall–Kier alpha value is -2.15. The predicted octanol–water partition coefficient (Wildman–Crippen LogP) is 2.10. The van der Waals surface area contributed by atoms with E-state index in [1.165, 1.54) is 7.11 Å². The number of ether oxygens (including phenoxy) is 1. The normalized spacial score (nSPS) is 11.1. The molecule has 2 aromatic rings. The van der Waals surface area contributed by atoms with Crippen LogP contribution in [-0.4, -0.2) is 33.3 Å². The molecule has 0 radical (unpaired) electrons. The lowest BCUT2D eigenvalue weighted by atomic mass is 10.2. The maximum absolute atomic E-state index is 9.67. The van der Waals surface area contributed by atoms with E-state index in [-0.39, 0.29) is 5.75 Å². The number of aromatic nitrogens is 3. The minimum Gasteiger partial charge on any atom is -0.504 e. The molecule has 0 saturated carbocycles. The van der Waals surface area contributed by atoms with Gasteiger partial charge in [-0.05, 0) is 36.0 Å². The van der Waals surface area contributed by atoms with Crippen LogP contribution in [-0.2, 0) is 6.42 Å². The maximum Gasteiger partial charge on any atom is 0.216 e. The van der Waals surface area contributed by atoms with Crippen molar-refractivity contribution in [3.05, 3.63) is 34.4 Å². The third kappa shape index (κ3) is 2.82. The van der Waals surface area contributed by atoms with Gasteiger partial charge in [0.1, 0.15) is 0 Å². The summed E-state index contributed by atoms with van der Waals surface area (Å²) >= 11 is 5.08. The van der Waals surface area contributed by atoms with Gasteiger partial charge in [0.05, 0.1) is 13.3 Å². The molecule has 1 heterocycles. The standard InChI is InChI=1S/C12H14N4O2S/c1-3-11-14-15-12(19)16(11)13-7-8-4-5-10(18-2)9(17)6-8/h4-7,17H,3H2,1-2H3,(H,15,19)/b13-7+. The number of methoxy groups -OCH3 is 1. The zero-order chi connectivity index (χ0) is 13.8. The Kier molecular flexibility index (Phi) is 3.96. The molecule has 0 fully saturated rings. The summed E-state index contributed by atoms with van der Waals surface area (Å²) in [6.45, 7) is 1.97. The van der Waals surface area contributed by atoms with Crippen LogP contribution in [0.15, 0.2) is 23.3 Å². The van der Waals surface area contributed by atoms with Gasteiger partial charge < -0.3 is 9.84 Å². The highest BCUT2D eigenvalue weighted by Gasteiger charge is 2.03. The predicted molar refractivity (Wildman–Crippen MR) is 74.4 cm³/mol. The molecule has 0 spiro atoms. The van der Waals surface area contributed by atoms with Crippen LogP contribution in [0, 0.1) is 4.77 Å². The van der Waals surface area contributed by atoms with Crippen LogP contribution < -0.4 is 4.74 Å². The first kappa shape index (κ1) is 13.3. The molecule has 0 aliphatic heterocycles. The number of H-pyrrole nitrogens is 1. The molecule has 19 heavy (non-hydrogen) atoms. The second-order valence-corrected chi connectivity index (χ2v) is 4.17. The van der Waals surface area contributed by atoms with E-state index in [9.17, 15) is 5.11 Å². The number of aromatic amines is 1. The lowest BCUT2D eigenvalue weighted by molar-refractivity contribution is 0.373. The topological polar surface area (TPSA) is 75.4 Å². The Bertz CT molecular complexity index is 660. The van der Waals surface area contributed by atoms with Crippen LogP contribution in [0.4, 0.5) is 0 Å². The summed E-state index contributed by atoms with van der Waals surface area (Å²) in [6, 6.07) is 5.03. The van der Waals surface area contributed by atoms with Crippen LogP contribution in [0.3, 0.4) is 0 Å². The Labute approximate surface area is 115 Å². The molecule has 2 N–H and O–H groups in total. The van der Waals surface area contributed by atoms with Crippen molar-refractivity contribution in [2.75, 3.05) is 7.11 Å². The molecule has 100 valence electrons. The van der Waals surface area contributed by atoms with Gasteiger partial charge in [0, 0.05) is 6.42 Å². The highest BCUT2D eigenvalue weighted by molar-refractivity contribution is 7.71. The molecule has 0 atom stereocenters. The monoisotopic (exact) mass is 278 g/mol. The van der Waals surface area contributed by atoms with Crippen molar-refractivity contribution in [2.24, 2.45) is 5.10 Å². The Morgan fingerprint density at radius 2 is 2.37 bits per heavy atom. The smallest absolute Gasteiger partial charge is 0.216 e. The summed E-state index contributed by atoms with van der Waals surface area (Å²) < 4.78 is 6.96. The average molecular weight is 278 g/mol. The van der Waals surface area contributed by atoms with Gasteiger partial charge in [-0.25, -0.2) is 0 Å². The number of nitrogens with zero attached hydrogens (tertiary/aromatic N) is 3. The van der Waals surface area contributed by atoms with Crippen LogP contribution in [0.25, 0.3) is 0 Å². The van der Waals surface area contributed by atoms with E-state index in [1.54, 1.807) is 29.1 Å². The van der Waals surface area contributed by atoms with Gasteiger partial charge in [0.2, 0.25) is 4.77 Å². The summed E-state index contributed by atoms with van der Waals surface area (Å²) in [7, 11) is 1.50. The van der Waals surface area contributed by atoms with E-state index in [0.29, 0.717) is 10.5 Å². The molecule has 0 saturated heterocycles. The molecule has 6 nitrogen and oxygen atoms in total. The lowest BCUT2D eigenvalue weighted by Crippen LogP contribution is -1.97. The van der Waals surface area contributed by atoms with Crippen molar-refractivity contribution in [3.63, 3.8) is 0 Å². The van der Waals surface area contributed by atoms with Gasteiger partial charge in [-0.3, -0.25) is 5.10 Å². The zero-order valence-corrected chi connectivity index (χ0v) is 11.4. The SMILES string of the molecule is CCc1n[nH]c(=S)n1/N=C/c1ccc(OC)c(O)c1. The van der Waals surface area contributed by atoms with Gasteiger partial charge in [-0.15, -0.1) is 0 Å². The van der Waals surface area contributed by atoms with Gasteiger partial charge in [0.25, 0.3) is 0 Å². The van der Waals surface area contributed by atoms with E-state index >= 15 is 0 Å². The summed E-state index contributed by atoms with van der Waals surface area (Å²) in [6.07, 6.45) is 2.32. The van der Waals surface area contributed by atoms with Crippen molar-refractivity contribution in [1.82, 2.24) is 14.9 Å². The molecule has 0 amide bonds. The van der Waals surface area contributed by atoms with E-state index in [0.717, 1.165) is 17.8 Å². The summed E-state index contributed by atoms with van der Waals surface area (Å²) in [5.41, 5.74) is 0.739. The zero-order valence-electron chi connectivity index (χ0n) is 10.6. The molecule has 2 rings (SSSR count). The lowest BCUT2D eigenvalue weighted by Gasteiger charge is -2.03. The van der Waals surface area contributed by atoms with Crippen LogP contribution in [0.2, 0.25) is 0 Å².